The first kappa shape index (κ1) is 18.8. The van der Waals surface area contributed by atoms with E-state index in [1.165, 1.54) is 23.3 Å². The molecule has 1 spiro atoms. The fourth-order valence-electron chi connectivity index (χ4n) is 6.47. The second-order valence-corrected chi connectivity index (χ2v) is 8.90. The fraction of sp³-hybridized carbons (Fsp3) is 0.375. The van der Waals surface area contributed by atoms with E-state index >= 15 is 0 Å². The number of methoxy groups -OCH3 is 1. The normalized spacial score (nSPS) is 32.5. The quantitative estimate of drug-likeness (QED) is 0.768. The number of halogens is 1. The second-order valence-electron chi connectivity index (χ2n) is 8.90. The van der Waals surface area contributed by atoms with Gasteiger partial charge in [-0.3, -0.25) is 10.0 Å². The molecule has 2 aliphatic carbocycles. The zero-order valence-electron chi connectivity index (χ0n) is 17.3. The van der Waals surface area contributed by atoms with E-state index in [-0.39, 0.29) is 17.6 Å². The number of hydrogen-bond donors (Lipinski definition) is 1. The number of likely N-dealkylation sites (tertiary alicyclic amines) is 1. The SMILES string of the molecule is COc1ccc2c3c1OC1C(=O)C=CC4(N(O)c5ccc(F)cc5)C(C2)N(C)CCC314. The number of nitrogens with zero attached hydrogens (tertiary/aromatic N) is 2. The predicted molar refractivity (Wildman–Crippen MR) is 111 cm³/mol. The Hall–Kier alpha value is -2.90. The van der Waals surface area contributed by atoms with Crippen LogP contribution in [0.3, 0.4) is 0 Å². The van der Waals surface area contributed by atoms with E-state index in [9.17, 15) is 14.4 Å². The van der Waals surface area contributed by atoms with E-state index in [0.717, 1.165) is 17.7 Å². The molecule has 7 heteroatoms. The smallest absolute Gasteiger partial charge is 0.196 e. The molecule has 2 bridgehead atoms. The number of hydroxylamine groups is 1. The molecule has 2 aromatic carbocycles. The summed E-state index contributed by atoms with van der Waals surface area (Å²) in [5, 5.41) is 13.0. The lowest BCUT2D eigenvalue weighted by atomic mass is 9.49. The Labute approximate surface area is 179 Å². The van der Waals surface area contributed by atoms with Crippen molar-refractivity contribution < 1.29 is 23.9 Å². The van der Waals surface area contributed by atoms with Crippen LogP contribution in [0, 0.1) is 5.82 Å². The maximum absolute atomic E-state index is 13.6. The molecule has 4 unspecified atom stereocenters. The Kier molecular flexibility index (Phi) is 3.69. The van der Waals surface area contributed by atoms with Crippen LogP contribution in [-0.4, -0.2) is 54.3 Å². The number of ether oxygens (including phenoxy) is 2. The molecule has 0 saturated carbocycles. The maximum atomic E-state index is 13.6. The number of carbonyl (C=O) groups excluding carboxylic acids is 1. The van der Waals surface area contributed by atoms with Crippen molar-refractivity contribution >= 4 is 11.5 Å². The summed E-state index contributed by atoms with van der Waals surface area (Å²) in [6, 6.07) is 9.61. The molecular weight excluding hydrogens is 399 g/mol. The average Bonchev–Trinajstić information content (AvgIpc) is 3.13. The summed E-state index contributed by atoms with van der Waals surface area (Å²) in [6.07, 6.45) is 3.93. The molecule has 0 amide bonds. The van der Waals surface area contributed by atoms with Crippen LogP contribution in [0.4, 0.5) is 10.1 Å². The van der Waals surface area contributed by atoms with Gasteiger partial charge in [0.05, 0.1) is 18.2 Å². The van der Waals surface area contributed by atoms with Gasteiger partial charge in [-0.1, -0.05) is 12.1 Å². The van der Waals surface area contributed by atoms with Crippen LogP contribution < -0.4 is 14.5 Å². The Balaban J connectivity index is 1.68. The number of piperidine rings is 1. The lowest BCUT2D eigenvalue weighted by Gasteiger charge is -2.64. The Morgan fingerprint density at radius 2 is 2.03 bits per heavy atom. The Morgan fingerprint density at radius 3 is 2.77 bits per heavy atom. The highest BCUT2D eigenvalue weighted by atomic mass is 19.1. The van der Waals surface area contributed by atoms with Crippen molar-refractivity contribution in [3.05, 3.63) is 65.5 Å². The van der Waals surface area contributed by atoms with Crippen molar-refractivity contribution in [3.8, 4) is 11.5 Å². The fourth-order valence-corrected chi connectivity index (χ4v) is 6.47. The molecular formula is C24H23FN2O4. The molecule has 1 saturated heterocycles. The first-order chi connectivity index (χ1) is 14.9. The van der Waals surface area contributed by atoms with Crippen LogP contribution in [0.25, 0.3) is 0 Å². The van der Waals surface area contributed by atoms with Gasteiger partial charge in [-0.25, -0.2) is 9.45 Å². The monoisotopic (exact) mass is 422 g/mol. The topological polar surface area (TPSA) is 62.2 Å². The van der Waals surface area contributed by atoms with Crippen molar-refractivity contribution in [3.63, 3.8) is 0 Å². The van der Waals surface area contributed by atoms with Crippen molar-refractivity contribution in [2.45, 2.75) is 35.9 Å². The minimum atomic E-state index is -0.957. The predicted octanol–water partition coefficient (Wildman–Crippen LogP) is 2.87. The zero-order valence-corrected chi connectivity index (χ0v) is 17.3. The zero-order chi connectivity index (χ0) is 21.5. The van der Waals surface area contributed by atoms with E-state index in [1.54, 1.807) is 19.2 Å². The van der Waals surface area contributed by atoms with Gasteiger partial charge in [-0.15, -0.1) is 0 Å². The summed E-state index contributed by atoms with van der Waals surface area (Å²) in [5.74, 6) is 0.704. The molecule has 0 radical (unpaired) electrons. The van der Waals surface area contributed by atoms with Gasteiger partial charge in [0.1, 0.15) is 11.4 Å². The Morgan fingerprint density at radius 1 is 1.26 bits per heavy atom. The van der Waals surface area contributed by atoms with Crippen LogP contribution in [0.1, 0.15) is 17.5 Å². The number of ketones is 1. The van der Waals surface area contributed by atoms with Crippen LogP contribution in [0.15, 0.2) is 48.6 Å². The van der Waals surface area contributed by atoms with Gasteiger partial charge in [-0.2, -0.15) is 0 Å². The van der Waals surface area contributed by atoms with Crippen molar-refractivity contribution in [2.24, 2.45) is 0 Å². The third-order valence-electron chi connectivity index (χ3n) is 7.77. The van der Waals surface area contributed by atoms with Crippen molar-refractivity contribution in [2.75, 3.05) is 25.8 Å². The summed E-state index contributed by atoms with van der Waals surface area (Å²) in [5.41, 5.74) is 0.803. The minimum Gasteiger partial charge on any atom is -0.493 e. The van der Waals surface area contributed by atoms with Gasteiger partial charge in [0.25, 0.3) is 0 Å². The minimum absolute atomic E-state index is 0.112. The second kappa shape index (κ2) is 6.08. The number of likely N-dealkylation sites (N-methyl/N-ethyl adjacent to an activating group) is 1. The standard InChI is InChI=1S/C24H23FN2O4/c1-26-12-11-23-20-14-3-8-18(30-2)21(20)31-22(23)17(28)9-10-24(23,19(26)13-14)27(29)16-6-4-15(25)5-7-16/h3-10,19,22,29H,11-13H2,1-2H3. The molecule has 1 fully saturated rings. The highest BCUT2D eigenvalue weighted by molar-refractivity contribution is 5.99. The molecule has 2 heterocycles. The first-order valence-corrected chi connectivity index (χ1v) is 10.5. The molecule has 2 aliphatic heterocycles. The average molecular weight is 422 g/mol. The van der Waals surface area contributed by atoms with E-state index in [4.69, 9.17) is 9.47 Å². The molecule has 0 aromatic heterocycles. The number of carbonyl (C=O) groups is 1. The lowest BCUT2D eigenvalue weighted by molar-refractivity contribution is -0.131. The lowest BCUT2D eigenvalue weighted by Crippen LogP contribution is -2.80. The maximum Gasteiger partial charge on any atom is 0.196 e. The van der Waals surface area contributed by atoms with Gasteiger partial charge in [-0.05, 0) is 68.4 Å². The van der Waals surface area contributed by atoms with Gasteiger partial charge in [0.15, 0.2) is 23.4 Å². The molecule has 31 heavy (non-hydrogen) atoms. The molecule has 6 nitrogen and oxygen atoms in total. The highest BCUT2D eigenvalue weighted by Gasteiger charge is 2.74. The summed E-state index contributed by atoms with van der Waals surface area (Å²) >= 11 is 0. The number of benzene rings is 2. The number of hydrogen-bond acceptors (Lipinski definition) is 6. The van der Waals surface area contributed by atoms with E-state index in [2.05, 4.69) is 4.90 Å². The van der Waals surface area contributed by atoms with Crippen LogP contribution in [-0.2, 0) is 16.6 Å². The van der Waals surface area contributed by atoms with Crippen molar-refractivity contribution in [1.29, 1.82) is 0 Å². The van der Waals surface area contributed by atoms with Crippen LogP contribution in [0.5, 0.6) is 11.5 Å². The molecule has 1 N–H and O–H groups in total. The van der Waals surface area contributed by atoms with Gasteiger partial charge in [0, 0.05) is 11.6 Å². The van der Waals surface area contributed by atoms with Gasteiger partial charge >= 0.3 is 0 Å². The Bertz CT molecular complexity index is 1130. The summed E-state index contributed by atoms with van der Waals surface area (Å²) < 4.78 is 25.5. The molecule has 4 aliphatic rings. The van der Waals surface area contributed by atoms with Crippen LogP contribution >= 0.6 is 0 Å². The summed E-state index contributed by atoms with van der Waals surface area (Å²) in [6.45, 7) is 0.765. The number of rotatable bonds is 3. The van der Waals surface area contributed by atoms with E-state index < -0.39 is 17.1 Å². The van der Waals surface area contributed by atoms with Crippen molar-refractivity contribution in [1.82, 2.24) is 4.90 Å². The van der Waals surface area contributed by atoms with E-state index in [0.29, 0.717) is 30.0 Å². The number of anilines is 1. The molecule has 160 valence electrons. The highest BCUT2D eigenvalue weighted by Crippen LogP contribution is 2.65. The molecule has 4 atom stereocenters. The third kappa shape index (κ3) is 2.06. The molecule has 6 rings (SSSR count). The van der Waals surface area contributed by atoms with Gasteiger partial charge < -0.3 is 14.4 Å². The van der Waals surface area contributed by atoms with Crippen LogP contribution in [0.2, 0.25) is 0 Å². The summed E-state index contributed by atoms with van der Waals surface area (Å²) in [7, 11) is 3.63. The van der Waals surface area contributed by atoms with E-state index in [1.807, 2.05) is 25.3 Å². The first-order valence-electron chi connectivity index (χ1n) is 10.5. The third-order valence-corrected chi connectivity index (χ3v) is 7.77. The largest absolute Gasteiger partial charge is 0.493 e. The molecule has 2 aromatic rings. The summed E-state index contributed by atoms with van der Waals surface area (Å²) in [4.78, 5) is 15.4. The van der Waals surface area contributed by atoms with Gasteiger partial charge in [0.2, 0.25) is 0 Å².